The Morgan fingerprint density at radius 3 is 2.35 bits per heavy atom. The fourth-order valence-electron chi connectivity index (χ4n) is 1.23. The molecular formula is C11H14ClNO3S. The van der Waals surface area contributed by atoms with E-state index in [1.54, 1.807) is 12.1 Å². The van der Waals surface area contributed by atoms with E-state index in [2.05, 4.69) is 5.32 Å². The van der Waals surface area contributed by atoms with Crippen molar-refractivity contribution in [1.29, 1.82) is 0 Å². The Kier molecular flexibility index (Phi) is 4.96. The lowest BCUT2D eigenvalue weighted by atomic mass is 10.2. The maximum absolute atomic E-state index is 11.2. The number of sulfone groups is 1. The van der Waals surface area contributed by atoms with Crippen LogP contribution >= 0.6 is 11.6 Å². The van der Waals surface area contributed by atoms with Gasteiger partial charge in [-0.25, -0.2) is 8.42 Å². The van der Waals surface area contributed by atoms with Gasteiger partial charge in [0, 0.05) is 25.1 Å². The summed E-state index contributed by atoms with van der Waals surface area (Å²) in [5, 5.41) is 2.69. The normalized spacial score (nSPS) is 11.2. The van der Waals surface area contributed by atoms with Gasteiger partial charge in [-0.3, -0.25) is 4.79 Å². The first kappa shape index (κ1) is 14.0. The Hall–Kier alpha value is -1.07. The lowest BCUT2D eigenvalue weighted by molar-refractivity contribution is -0.120. The van der Waals surface area contributed by atoms with Crippen LogP contribution in [-0.2, 0) is 21.2 Å². The standard InChI is InChI=1S/C11H14ClNO3S/c1-17(15,16)10-4-2-9(3-5-10)8-13-11(14)6-7-12/h2-5H,6-8H2,1H3,(H,13,14). The molecule has 4 nitrogen and oxygen atoms in total. The van der Waals surface area contributed by atoms with E-state index in [0.29, 0.717) is 12.4 Å². The quantitative estimate of drug-likeness (QED) is 0.825. The summed E-state index contributed by atoms with van der Waals surface area (Å²) in [6, 6.07) is 6.41. The zero-order valence-electron chi connectivity index (χ0n) is 9.44. The van der Waals surface area contributed by atoms with Crippen molar-refractivity contribution in [2.24, 2.45) is 0 Å². The molecule has 0 atom stereocenters. The monoisotopic (exact) mass is 275 g/mol. The van der Waals surface area contributed by atoms with Gasteiger partial charge in [0.05, 0.1) is 4.90 Å². The molecule has 0 bridgehead atoms. The minimum atomic E-state index is -3.16. The number of alkyl halides is 1. The van der Waals surface area contributed by atoms with E-state index < -0.39 is 9.84 Å². The van der Waals surface area contributed by atoms with Gasteiger partial charge in [-0.15, -0.1) is 11.6 Å². The summed E-state index contributed by atoms with van der Waals surface area (Å²) in [5.74, 6) is 0.172. The minimum absolute atomic E-state index is 0.118. The summed E-state index contributed by atoms with van der Waals surface area (Å²) in [7, 11) is -3.16. The van der Waals surface area contributed by atoms with Crippen LogP contribution in [0.15, 0.2) is 29.2 Å². The Morgan fingerprint density at radius 2 is 1.88 bits per heavy atom. The van der Waals surface area contributed by atoms with Gasteiger partial charge in [0.2, 0.25) is 5.91 Å². The van der Waals surface area contributed by atoms with Crippen molar-refractivity contribution in [3.05, 3.63) is 29.8 Å². The molecule has 94 valence electrons. The van der Waals surface area contributed by atoms with Crippen molar-refractivity contribution >= 4 is 27.3 Å². The van der Waals surface area contributed by atoms with E-state index in [1.807, 2.05) is 0 Å². The van der Waals surface area contributed by atoms with Crippen LogP contribution in [0.2, 0.25) is 0 Å². The second-order valence-corrected chi connectivity index (χ2v) is 6.03. The van der Waals surface area contributed by atoms with E-state index >= 15 is 0 Å². The molecule has 0 unspecified atom stereocenters. The van der Waals surface area contributed by atoms with Crippen molar-refractivity contribution < 1.29 is 13.2 Å². The summed E-state index contributed by atoms with van der Waals surface area (Å²) in [5.41, 5.74) is 0.848. The average Bonchev–Trinajstić information content (AvgIpc) is 2.26. The number of hydrogen-bond acceptors (Lipinski definition) is 3. The fourth-order valence-corrected chi connectivity index (χ4v) is 2.03. The molecule has 6 heteroatoms. The zero-order valence-corrected chi connectivity index (χ0v) is 11.0. The maximum atomic E-state index is 11.2. The number of carbonyl (C=O) groups is 1. The lowest BCUT2D eigenvalue weighted by Gasteiger charge is -2.05. The van der Waals surface area contributed by atoms with Crippen molar-refractivity contribution in [1.82, 2.24) is 5.32 Å². The number of halogens is 1. The smallest absolute Gasteiger partial charge is 0.221 e. The number of amides is 1. The highest BCUT2D eigenvalue weighted by Crippen LogP contribution is 2.10. The van der Waals surface area contributed by atoms with E-state index in [1.165, 1.54) is 12.1 Å². The van der Waals surface area contributed by atoms with Gasteiger partial charge in [0.25, 0.3) is 0 Å². The Labute approximate surface area is 106 Å². The summed E-state index contributed by atoms with van der Waals surface area (Å²) < 4.78 is 22.4. The first-order chi connectivity index (χ1) is 7.93. The van der Waals surface area contributed by atoms with Gasteiger partial charge in [-0.2, -0.15) is 0 Å². The molecule has 0 aliphatic heterocycles. The summed E-state index contributed by atoms with van der Waals surface area (Å²) in [4.78, 5) is 11.4. The molecule has 1 aromatic carbocycles. The van der Waals surface area contributed by atoms with E-state index in [9.17, 15) is 13.2 Å². The van der Waals surface area contributed by atoms with Crippen LogP contribution in [0.4, 0.5) is 0 Å². The Balaban J connectivity index is 2.60. The predicted octanol–water partition coefficient (Wildman–Crippen LogP) is 1.34. The third-order valence-electron chi connectivity index (χ3n) is 2.16. The van der Waals surface area contributed by atoms with Crippen LogP contribution < -0.4 is 5.32 Å². The highest BCUT2D eigenvalue weighted by atomic mass is 35.5. The molecule has 0 saturated heterocycles. The Bertz CT molecular complexity index is 482. The van der Waals surface area contributed by atoms with Crippen molar-refractivity contribution in [3.63, 3.8) is 0 Å². The fraction of sp³-hybridized carbons (Fsp3) is 0.364. The molecule has 1 N–H and O–H groups in total. The lowest BCUT2D eigenvalue weighted by Crippen LogP contribution is -2.22. The molecule has 0 radical (unpaired) electrons. The van der Waals surface area contributed by atoms with Gasteiger partial charge in [0.1, 0.15) is 0 Å². The highest BCUT2D eigenvalue weighted by Gasteiger charge is 2.06. The van der Waals surface area contributed by atoms with Crippen LogP contribution in [0.1, 0.15) is 12.0 Å². The Morgan fingerprint density at radius 1 is 1.29 bits per heavy atom. The van der Waals surface area contributed by atoms with Gasteiger partial charge >= 0.3 is 0 Å². The van der Waals surface area contributed by atoms with E-state index in [-0.39, 0.29) is 17.2 Å². The van der Waals surface area contributed by atoms with Gasteiger partial charge in [-0.05, 0) is 17.7 Å². The SMILES string of the molecule is CS(=O)(=O)c1ccc(CNC(=O)CCCl)cc1. The molecule has 0 aliphatic carbocycles. The van der Waals surface area contributed by atoms with Crippen LogP contribution in [0.5, 0.6) is 0 Å². The third-order valence-corrected chi connectivity index (χ3v) is 3.48. The first-order valence-corrected chi connectivity index (χ1v) is 7.48. The molecule has 0 heterocycles. The first-order valence-electron chi connectivity index (χ1n) is 5.05. The molecule has 17 heavy (non-hydrogen) atoms. The molecular weight excluding hydrogens is 262 g/mol. The third kappa shape index (κ3) is 4.75. The second-order valence-electron chi connectivity index (χ2n) is 3.63. The summed E-state index contributed by atoms with van der Waals surface area (Å²) in [6.45, 7) is 0.375. The molecule has 0 fully saturated rings. The highest BCUT2D eigenvalue weighted by molar-refractivity contribution is 7.90. The number of nitrogens with one attached hydrogen (secondary N) is 1. The number of carbonyl (C=O) groups excluding carboxylic acids is 1. The molecule has 0 aliphatic rings. The molecule has 0 saturated carbocycles. The van der Waals surface area contributed by atoms with Crippen LogP contribution in [0.3, 0.4) is 0 Å². The van der Waals surface area contributed by atoms with Gasteiger partial charge in [0.15, 0.2) is 9.84 Å². The maximum Gasteiger partial charge on any atom is 0.221 e. The van der Waals surface area contributed by atoms with Crippen LogP contribution in [0.25, 0.3) is 0 Å². The number of benzene rings is 1. The van der Waals surface area contributed by atoms with Crippen LogP contribution in [-0.4, -0.2) is 26.5 Å². The zero-order chi connectivity index (χ0) is 12.9. The topological polar surface area (TPSA) is 63.2 Å². The van der Waals surface area contributed by atoms with Crippen molar-refractivity contribution in [2.75, 3.05) is 12.1 Å². The molecule has 1 rings (SSSR count). The number of hydrogen-bond donors (Lipinski definition) is 1. The van der Waals surface area contributed by atoms with Crippen LogP contribution in [0, 0.1) is 0 Å². The second kappa shape index (κ2) is 6.02. The minimum Gasteiger partial charge on any atom is -0.352 e. The molecule has 1 aromatic rings. The molecule has 1 amide bonds. The van der Waals surface area contributed by atoms with Gasteiger partial charge in [-0.1, -0.05) is 12.1 Å². The van der Waals surface area contributed by atoms with Crippen molar-refractivity contribution in [3.8, 4) is 0 Å². The average molecular weight is 276 g/mol. The molecule has 0 spiro atoms. The van der Waals surface area contributed by atoms with Crippen molar-refractivity contribution in [2.45, 2.75) is 17.9 Å². The van der Waals surface area contributed by atoms with E-state index in [4.69, 9.17) is 11.6 Å². The molecule has 0 aromatic heterocycles. The summed E-state index contributed by atoms with van der Waals surface area (Å²) in [6.07, 6.45) is 1.44. The predicted molar refractivity (Wildman–Crippen MR) is 66.7 cm³/mol. The largest absolute Gasteiger partial charge is 0.352 e. The summed E-state index contributed by atoms with van der Waals surface area (Å²) >= 11 is 5.42. The number of rotatable bonds is 5. The van der Waals surface area contributed by atoms with Gasteiger partial charge < -0.3 is 5.32 Å². The van der Waals surface area contributed by atoms with E-state index in [0.717, 1.165) is 11.8 Å².